The number of nitrogens with zero attached hydrogens (tertiary/aromatic N) is 1. The van der Waals surface area contributed by atoms with Crippen molar-refractivity contribution in [1.82, 2.24) is 10.6 Å². The lowest BCUT2D eigenvalue weighted by Crippen LogP contribution is -2.42. The van der Waals surface area contributed by atoms with Crippen LogP contribution in [0.2, 0.25) is 0 Å². The molecule has 6 heteroatoms. The Morgan fingerprint density at radius 2 is 2.15 bits per heavy atom. The van der Waals surface area contributed by atoms with Crippen molar-refractivity contribution < 1.29 is 4.79 Å². The first-order valence-corrected chi connectivity index (χ1v) is 11.2. The van der Waals surface area contributed by atoms with Gasteiger partial charge in [0.1, 0.15) is 0 Å². The maximum Gasteiger partial charge on any atom is 0.224 e. The van der Waals surface area contributed by atoms with E-state index in [9.17, 15) is 4.79 Å². The second-order valence-corrected chi connectivity index (χ2v) is 8.69. The molecule has 0 spiro atoms. The molecule has 0 aromatic heterocycles. The highest BCUT2D eigenvalue weighted by molar-refractivity contribution is 7.99. The number of thioether (sulfide) groups is 1. The van der Waals surface area contributed by atoms with Crippen LogP contribution in [0.15, 0.2) is 29.3 Å². The van der Waals surface area contributed by atoms with Gasteiger partial charge in [-0.3, -0.25) is 4.79 Å². The highest BCUT2D eigenvalue weighted by Crippen LogP contribution is 2.28. The van der Waals surface area contributed by atoms with Gasteiger partial charge in [0.05, 0.1) is 6.54 Å². The fraction of sp³-hybridized carbons (Fsp3) is 0.619. The van der Waals surface area contributed by atoms with Gasteiger partial charge in [-0.05, 0) is 56.1 Å². The van der Waals surface area contributed by atoms with Gasteiger partial charge < -0.3 is 16.0 Å². The molecule has 1 aliphatic carbocycles. The molecule has 150 valence electrons. The summed E-state index contributed by atoms with van der Waals surface area (Å²) >= 11 is 1.96. The number of amides is 1. The van der Waals surface area contributed by atoms with E-state index in [0.29, 0.717) is 24.9 Å². The molecule has 0 bridgehead atoms. The Kier molecular flexibility index (Phi) is 8.98. The van der Waals surface area contributed by atoms with Crippen LogP contribution in [0.5, 0.6) is 0 Å². The molecule has 27 heavy (non-hydrogen) atoms. The summed E-state index contributed by atoms with van der Waals surface area (Å²) in [6, 6.07) is 8.45. The molecule has 1 aromatic carbocycles. The first-order chi connectivity index (χ1) is 13.0. The van der Waals surface area contributed by atoms with Crippen molar-refractivity contribution in [2.75, 3.05) is 18.1 Å². The number of hydrogen-bond acceptors (Lipinski definition) is 3. The lowest BCUT2D eigenvalue weighted by atomic mass is 10.1. The first-order valence-electron chi connectivity index (χ1n) is 9.96. The summed E-state index contributed by atoms with van der Waals surface area (Å²) in [6.45, 7) is 7.61. The molecule has 1 aromatic rings. The van der Waals surface area contributed by atoms with Crippen LogP contribution in [0, 0.1) is 5.92 Å². The Hall–Kier alpha value is -1.69. The van der Waals surface area contributed by atoms with Crippen LogP contribution in [0.4, 0.5) is 5.69 Å². The van der Waals surface area contributed by atoms with Crippen molar-refractivity contribution in [3.8, 4) is 0 Å². The summed E-state index contributed by atoms with van der Waals surface area (Å²) in [5.41, 5.74) is 1.92. The third-order valence-electron chi connectivity index (χ3n) is 4.63. The number of anilines is 1. The fourth-order valence-electron chi connectivity index (χ4n) is 3.30. The predicted molar refractivity (Wildman–Crippen MR) is 117 cm³/mol. The van der Waals surface area contributed by atoms with Crippen LogP contribution >= 0.6 is 11.8 Å². The zero-order valence-electron chi connectivity index (χ0n) is 17.0. The van der Waals surface area contributed by atoms with E-state index < -0.39 is 0 Å². The molecule has 1 aliphatic rings. The smallest absolute Gasteiger partial charge is 0.224 e. The van der Waals surface area contributed by atoms with Gasteiger partial charge >= 0.3 is 0 Å². The van der Waals surface area contributed by atoms with E-state index in [1.54, 1.807) is 0 Å². The minimum Gasteiger partial charge on any atom is -0.357 e. The van der Waals surface area contributed by atoms with Crippen molar-refractivity contribution in [3.05, 3.63) is 29.8 Å². The Morgan fingerprint density at radius 3 is 2.81 bits per heavy atom. The Morgan fingerprint density at radius 1 is 1.33 bits per heavy atom. The molecule has 2 unspecified atom stereocenters. The number of benzene rings is 1. The average Bonchev–Trinajstić information content (AvgIpc) is 3.07. The van der Waals surface area contributed by atoms with E-state index >= 15 is 0 Å². The topological polar surface area (TPSA) is 65.5 Å². The fourth-order valence-corrected chi connectivity index (χ4v) is 4.10. The number of carbonyl (C=O) groups is 1. The van der Waals surface area contributed by atoms with E-state index in [0.717, 1.165) is 29.0 Å². The van der Waals surface area contributed by atoms with Crippen LogP contribution in [-0.2, 0) is 11.3 Å². The molecule has 0 aliphatic heterocycles. The quantitative estimate of drug-likeness (QED) is 0.463. The van der Waals surface area contributed by atoms with E-state index in [2.05, 4.69) is 29.1 Å². The van der Waals surface area contributed by atoms with Gasteiger partial charge in [-0.15, -0.1) is 0 Å². The SMILES string of the molecule is CCNC(=NCc1cccc(NC(=O)CC(C)C)c1)NC1CCC(SC)C1. The van der Waals surface area contributed by atoms with Crippen molar-refractivity contribution in [2.45, 2.75) is 64.3 Å². The van der Waals surface area contributed by atoms with Gasteiger partial charge in [-0.1, -0.05) is 26.0 Å². The zero-order chi connectivity index (χ0) is 19.6. The molecule has 2 atom stereocenters. The minimum absolute atomic E-state index is 0.0604. The lowest BCUT2D eigenvalue weighted by Gasteiger charge is -2.17. The lowest BCUT2D eigenvalue weighted by molar-refractivity contribution is -0.116. The maximum atomic E-state index is 12.0. The van der Waals surface area contributed by atoms with E-state index in [1.807, 2.05) is 49.9 Å². The van der Waals surface area contributed by atoms with Crippen molar-refractivity contribution in [3.63, 3.8) is 0 Å². The summed E-state index contributed by atoms with van der Waals surface area (Å²) in [4.78, 5) is 16.7. The van der Waals surface area contributed by atoms with Crippen LogP contribution in [-0.4, -0.2) is 36.0 Å². The van der Waals surface area contributed by atoms with Gasteiger partial charge in [0.2, 0.25) is 5.91 Å². The van der Waals surface area contributed by atoms with E-state index in [4.69, 9.17) is 4.99 Å². The number of guanidine groups is 1. The van der Waals surface area contributed by atoms with Crippen molar-refractivity contribution in [2.24, 2.45) is 10.9 Å². The summed E-state index contributed by atoms with van der Waals surface area (Å²) < 4.78 is 0. The molecule has 3 N–H and O–H groups in total. The average molecular weight is 391 g/mol. The second kappa shape index (κ2) is 11.2. The third kappa shape index (κ3) is 7.83. The number of carbonyl (C=O) groups excluding carboxylic acids is 1. The molecular weight excluding hydrogens is 356 g/mol. The molecule has 1 amide bonds. The molecule has 0 saturated heterocycles. The standard InChI is InChI=1S/C21H34N4OS/c1-5-22-21(25-18-9-10-19(13-18)27-4)23-14-16-7-6-8-17(12-16)24-20(26)11-15(2)3/h6-8,12,15,18-19H,5,9-11,13-14H2,1-4H3,(H,24,26)(H2,22,23,25). The van der Waals surface area contributed by atoms with E-state index in [1.165, 1.54) is 19.3 Å². The second-order valence-electron chi connectivity index (χ2n) is 7.55. The Bertz CT molecular complexity index is 632. The minimum atomic E-state index is 0.0604. The monoisotopic (exact) mass is 390 g/mol. The Labute approximate surface area is 168 Å². The number of hydrogen-bond donors (Lipinski definition) is 3. The van der Waals surface area contributed by atoms with Crippen LogP contribution < -0.4 is 16.0 Å². The molecule has 2 rings (SSSR count). The summed E-state index contributed by atoms with van der Waals surface area (Å²) in [5.74, 6) is 1.29. The van der Waals surface area contributed by atoms with Crippen molar-refractivity contribution in [1.29, 1.82) is 0 Å². The summed E-state index contributed by atoms with van der Waals surface area (Å²) in [6.07, 6.45) is 6.40. The van der Waals surface area contributed by atoms with E-state index in [-0.39, 0.29) is 5.91 Å². The molecule has 1 saturated carbocycles. The van der Waals surface area contributed by atoms with Crippen LogP contribution in [0.3, 0.4) is 0 Å². The normalized spacial score (nSPS) is 20.0. The largest absolute Gasteiger partial charge is 0.357 e. The highest BCUT2D eigenvalue weighted by Gasteiger charge is 2.24. The number of aliphatic imine (C=N–C) groups is 1. The number of rotatable bonds is 8. The molecule has 0 heterocycles. The maximum absolute atomic E-state index is 12.0. The number of nitrogens with one attached hydrogen (secondary N) is 3. The van der Waals surface area contributed by atoms with Gasteiger partial charge in [-0.25, -0.2) is 4.99 Å². The van der Waals surface area contributed by atoms with Crippen molar-refractivity contribution >= 4 is 29.3 Å². The molecule has 5 nitrogen and oxygen atoms in total. The van der Waals surface area contributed by atoms with Gasteiger partial charge in [0.25, 0.3) is 0 Å². The summed E-state index contributed by atoms with van der Waals surface area (Å²) in [7, 11) is 0. The summed E-state index contributed by atoms with van der Waals surface area (Å²) in [5, 5.41) is 10.7. The molecular formula is C21H34N4OS. The Balaban J connectivity index is 1.94. The third-order valence-corrected chi connectivity index (χ3v) is 5.72. The van der Waals surface area contributed by atoms with Crippen LogP contribution in [0.25, 0.3) is 0 Å². The van der Waals surface area contributed by atoms with Gasteiger partial charge in [-0.2, -0.15) is 11.8 Å². The van der Waals surface area contributed by atoms with Gasteiger partial charge in [0.15, 0.2) is 5.96 Å². The van der Waals surface area contributed by atoms with Crippen LogP contribution in [0.1, 0.15) is 52.0 Å². The molecule has 1 fully saturated rings. The zero-order valence-corrected chi connectivity index (χ0v) is 17.9. The molecule has 0 radical (unpaired) electrons. The van der Waals surface area contributed by atoms with Gasteiger partial charge in [0, 0.05) is 29.9 Å². The first kappa shape index (κ1) is 21.6. The predicted octanol–water partition coefficient (Wildman–Crippen LogP) is 4.01. The highest BCUT2D eigenvalue weighted by atomic mass is 32.2.